The van der Waals surface area contributed by atoms with Crippen LogP contribution < -0.4 is 5.32 Å². The molecule has 6 nitrogen and oxygen atoms in total. The average Bonchev–Trinajstić information content (AvgIpc) is 3.20. The van der Waals surface area contributed by atoms with Crippen molar-refractivity contribution in [2.24, 2.45) is 0 Å². The third kappa shape index (κ3) is 4.19. The zero-order chi connectivity index (χ0) is 22.0. The van der Waals surface area contributed by atoms with Gasteiger partial charge in [0.1, 0.15) is 5.52 Å². The van der Waals surface area contributed by atoms with Crippen molar-refractivity contribution in [1.29, 1.82) is 0 Å². The Bertz CT molecular complexity index is 1260. The summed E-state index contributed by atoms with van der Waals surface area (Å²) in [6.45, 7) is 3.89. The second-order valence-electron chi connectivity index (χ2n) is 7.57. The highest BCUT2D eigenvalue weighted by atomic mass is 16.5. The molecular weight excluding hydrogens is 390 g/mol. The fourth-order valence-corrected chi connectivity index (χ4v) is 3.46. The van der Waals surface area contributed by atoms with E-state index in [1.807, 2.05) is 62.4 Å². The number of anilines is 1. The fraction of sp³-hybridized carbons (Fsp3) is 0.160. The molecule has 0 saturated heterocycles. The van der Waals surface area contributed by atoms with Gasteiger partial charge in [-0.2, -0.15) is 0 Å². The van der Waals surface area contributed by atoms with Gasteiger partial charge in [-0.15, -0.1) is 0 Å². The number of fused-ring (bicyclic) bond motifs is 1. The lowest BCUT2D eigenvalue weighted by Crippen LogP contribution is -2.35. The molecule has 2 amide bonds. The number of nitrogens with zero attached hydrogens (tertiary/aromatic N) is 2. The van der Waals surface area contributed by atoms with Gasteiger partial charge < -0.3 is 14.7 Å². The van der Waals surface area contributed by atoms with Gasteiger partial charge in [0.05, 0.1) is 11.9 Å². The van der Waals surface area contributed by atoms with E-state index < -0.39 is 0 Å². The highest BCUT2D eigenvalue weighted by molar-refractivity contribution is 6.03. The number of hydrogen-bond acceptors (Lipinski definition) is 4. The molecular formula is C25H23N3O3. The quantitative estimate of drug-likeness (QED) is 0.509. The number of nitrogens with one attached hydrogen (secondary N) is 1. The average molecular weight is 413 g/mol. The first-order valence-corrected chi connectivity index (χ1v) is 10.0. The molecule has 0 bridgehead atoms. The van der Waals surface area contributed by atoms with Crippen molar-refractivity contribution in [3.8, 4) is 11.3 Å². The lowest BCUT2D eigenvalue weighted by Gasteiger charge is -2.18. The Morgan fingerprint density at radius 2 is 1.77 bits per heavy atom. The number of aromatic nitrogens is 1. The maximum atomic E-state index is 13.0. The van der Waals surface area contributed by atoms with Gasteiger partial charge in [-0.25, -0.2) is 0 Å². The summed E-state index contributed by atoms with van der Waals surface area (Å²) in [6, 6.07) is 20.6. The van der Waals surface area contributed by atoms with Gasteiger partial charge in [0.2, 0.25) is 5.91 Å². The number of amides is 2. The Kier molecular flexibility index (Phi) is 5.54. The first kappa shape index (κ1) is 20.3. The smallest absolute Gasteiger partial charge is 0.254 e. The molecule has 156 valence electrons. The number of hydrogen-bond donors (Lipinski definition) is 1. The summed E-state index contributed by atoms with van der Waals surface area (Å²) in [5.41, 5.74) is 4.88. The maximum absolute atomic E-state index is 13.0. The third-order valence-electron chi connectivity index (χ3n) is 5.37. The van der Waals surface area contributed by atoms with Crippen LogP contribution in [0.25, 0.3) is 22.2 Å². The molecule has 0 unspecified atom stereocenters. The Hall–Kier alpha value is -3.93. The molecule has 0 aliphatic heterocycles. The Morgan fingerprint density at radius 1 is 1.00 bits per heavy atom. The van der Waals surface area contributed by atoms with E-state index in [0.717, 1.165) is 27.8 Å². The van der Waals surface area contributed by atoms with Crippen LogP contribution in [-0.4, -0.2) is 35.5 Å². The van der Waals surface area contributed by atoms with Gasteiger partial charge >= 0.3 is 0 Å². The second kappa shape index (κ2) is 8.44. The number of benzene rings is 3. The van der Waals surface area contributed by atoms with Crippen molar-refractivity contribution < 1.29 is 14.1 Å². The summed E-state index contributed by atoms with van der Waals surface area (Å²) >= 11 is 0. The van der Waals surface area contributed by atoms with Gasteiger partial charge in [-0.05, 0) is 49.2 Å². The topological polar surface area (TPSA) is 75.4 Å². The van der Waals surface area contributed by atoms with E-state index >= 15 is 0 Å². The summed E-state index contributed by atoms with van der Waals surface area (Å²) in [5.74, 6) is 0.111. The van der Waals surface area contributed by atoms with Crippen molar-refractivity contribution in [2.75, 3.05) is 18.9 Å². The third-order valence-corrected chi connectivity index (χ3v) is 5.37. The molecule has 0 aliphatic rings. The van der Waals surface area contributed by atoms with E-state index in [9.17, 15) is 9.59 Å². The molecule has 31 heavy (non-hydrogen) atoms. The Labute approximate surface area is 180 Å². The molecule has 0 saturated carbocycles. The SMILES string of the molecule is Cc1cccc(NC(=O)CN(C)C(=O)c2ccc3noc(-c4ccccc4)c3c2)c1C. The number of carbonyl (C=O) groups is 2. The summed E-state index contributed by atoms with van der Waals surface area (Å²) < 4.78 is 5.51. The summed E-state index contributed by atoms with van der Waals surface area (Å²) in [7, 11) is 1.61. The van der Waals surface area contributed by atoms with Crippen LogP contribution in [0.4, 0.5) is 5.69 Å². The normalized spacial score (nSPS) is 10.8. The zero-order valence-electron chi connectivity index (χ0n) is 17.7. The lowest BCUT2D eigenvalue weighted by molar-refractivity contribution is -0.116. The molecule has 0 aliphatic carbocycles. The van der Waals surface area contributed by atoms with E-state index in [4.69, 9.17) is 4.52 Å². The van der Waals surface area contributed by atoms with Gasteiger partial charge in [-0.1, -0.05) is 47.6 Å². The van der Waals surface area contributed by atoms with Gasteiger partial charge in [0.15, 0.2) is 5.76 Å². The first-order valence-electron chi connectivity index (χ1n) is 10.0. The molecule has 0 radical (unpaired) electrons. The fourth-order valence-electron chi connectivity index (χ4n) is 3.46. The van der Waals surface area contributed by atoms with Gasteiger partial charge in [0.25, 0.3) is 5.91 Å². The molecule has 6 heteroatoms. The highest BCUT2D eigenvalue weighted by Crippen LogP contribution is 2.29. The number of likely N-dealkylation sites (N-methyl/N-ethyl adjacent to an activating group) is 1. The predicted octanol–water partition coefficient (Wildman–Crippen LogP) is 4.82. The summed E-state index contributed by atoms with van der Waals surface area (Å²) in [5, 5.41) is 7.73. The highest BCUT2D eigenvalue weighted by Gasteiger charge is 2.18. The predicted molar refractivity (Wildman–Crippen MR) is 121 cm³/mol. The van der Waals surface area contributed by atoms with Crippen molar-refractivity contribution in [2.45, 2.75) is 13.8 Å². The molecule has 0 fully saturated rings. The van der Waals surface area contributed by atoms with E-state index in [0.29, 0.717) is 16.8 Å². The van der Waals surface area contributed by atoms with Crippen LogP contribution in [0.15, 0.2) is 71.3 Å². The Morgan fingerprint density at radius 3 is 2.55 bits per heavy atom. The van der Waals surface area contributed by atoms with Crippen molar-refractivity contribution in [3.05, 3.63) is 83.4 Å². The van der Waals surface area contributed by atoms with Crippen LogP contribution in [-0.2, 0) is 4.79 Å². The molecule has 1 N–H and O–H groups in total. The summed E-state index contributed by atoms with van der Waals surface area (Å²) in [6.07, 6.45) is 0. The second-order valence-corrected chi connectivity index (χ2v) is 7.57. The molecule has 0 spiro atoms. The minimum absolute atomic E-state index is 0.0561. The number of rotatable bonds is 5. The maximum Gasteiger partial charge on any atom is 0.254 e. The van der Waals surface area contributed by atoms with Crippen LogP contribution in [0, 0.1) is 13.8 Å². The Balaban J connectivity index is 1.52. The number of carbonyl (C=O) groups excluding carboxylic acids is 2. The van der Waals surface area contributed by atoms with E-state index in [-0.39, 0.29) is 18.4 Å². The van der Waals surface area contributed by atoms with Crippen LogP contribution in [0.5, 0.6) is 0 Å². The first-order chi connectivity index (χ1) is 14.9. The van der Waals surface area contributed by atoms with Gasteiger partial charge in [-0.3, -0.25) is 9.59 Å². The minimum Gasteiger partial charge on any atom is -0.355 e. The van der Waals surface area contributed by atoms with Crippen molar-refractivity contribution in [3.63, 3.8) is 0 Å². The van der Waals surface area contributed by atoms with E-state index in [1.54, 1.807) is 25.2 Å². The largest absolute Gasteiger partial charge is 0.355 e. The number of aryl methyl sites for hydroxylation is 1. The van der Waals surface area contributed by atoms with Crippen LogP contribution in [0.3, 0.4) is 0 Å². The molecule has 1 aromatic heterocycles. The molecule has 4 rings (SSSR count). The van der Waals surface area contributed by atoms with Crippen LogP contribution >= 0.6 is 0 Å². The monoisotopic (exact) mass is 413 g/mol. The zero-order valence-corrected chi connectivity index (χ0v) is 17.7. The van der Waals surface area contributed by atoms with Crippen LogP contribution in [0.2, 0.25) is 0 Å². The van der Waals surface area contributed by atoms with Crippen molar-refractivity contribution >= 4 is 28.4 Å². The van der Waals surface area contributed by atoms with Gasteiger partial charge in [0, 0.05) is 23.9 Å². The standard InChI is InChI=1S/C25H23N3O3/c1-16-8-7-11-21(17(16)2)26-23(29)15-28(3)25(30)19-12-13-22-20(14-19)24(31-27-22)18-9-5-4-6-10-18/h4-14H,15H2,1-3H3,(H,26,29). The van der Waals surface area contributed by atoms with E-state index in [2.05, 4.69) is 10.5 Å². The molecule has 0 atom stereocenters. The molecule has 3 aromatic carbocycles. The molecule has 1 heterocycles. The summed E-state index contributed by atoms with van der Waals surface area (Å²) in [4.78, 5) is 26.9. The lowest BCUT2D eigenvalue weighted by atomic mass is 10.1. The minimum atomic E-state index is -0.252. The van der Waals surface area contributed by atoms with Crippen molar-refractivity contribution in [1.82, 2.24) is 10.1 Å². The van der Waals surface area contributed by atoms with E-state index in [1.165, 1.54) is 4.90 Å². The van der Waals surface area contributed by atoms with Crippen LogP contribution in [0.1, 0.15) is 21.5 Å². The molecule has 4 aromatic rings.